The number of nitrogens with zero attached hydrogens (tertiary/aromatic N) is 3. The number of hydrogen-bond acceptors (Lipinski definition) is 5. The maximum atomic E-state index is 13.1. The van der Waals surface area contributed by atoms with Crippen molar-refractivity contribution in [2.24, 2.45) is 11.8 Å². The summed E-state index contributed by atoms with van der Waals surface area (Å²) in [6, 6.07) is 8.98. The van der Waals surface area contributed by atoms with E-state index in [4.69, 9.17) is 11.6 Å². The standard InChI is InChI=1S/C21H22ClN3O2S2/c1-13-8-14(2)11-24(10-13)18(26)12-29-21-23-17-6-7-28-19(17)20(27)25(21)16-5-3-4-15(22)9-16/h3-7,9,13-14H,8,10-12H2,1-2H3/t13-,14-/m1/s1. The molecule has 1 aliphatic heterocycles. The second-order valence-electron chi connectivity index (χ2n) is 7.68. The average molecular weight is 448 g/mol. The first kappa shape index (κ1) is 20.4. The molecule has 29 heavy (non-hydrogen) atoms. The smallest absolute Gasteiger partial charge is 0.276 e. The van der Waals surface area contributed by atoms with Crippen LogP contribution in [0.4, 0.5) is 0 Å². The summed E-state index contributed by atoms with van der Waals surface area (Å²) in [5.74, 6) is 1.36. The Hall–Kier alpha value is -1.83. The summed E-state index contributed by atoms with van der Waals surface area (Å²) in [5.41, 5.74) is 1.18. The van der Waals surface area contributed by atoms with Gasteiger partial charge in [-0.05, 0) is 47.9 Å². The number of amides is 1. The predicted octanol–water partition coefficient (Wildman–Crippen LogP) is 4.70. The molecule has 3 heterocycles. The predicted molar refractivity (Wildman–Crippen MR) is 120 cm³/mol. The van der Waals surface area contributed by atoms with Crippen LogP contribution in [0.3, 0.4) is 0 Å². The van der Waals surface area contributed by atoms with Gasteiger partial charge in [0.15, 0.2) is 5.16 Å². The third kappa shape index (κ3) is 4.37. The van der Waals surface area contributed by atoms with Crippen molar-refractivity contribution < 1.29 is 4.79 Å². The molecule has 0 N–H and O–H groups in total. The third-order valence-corrected chi connectivity index (χ3v) is 7.11. The van der Waals surface area contributed by atoms with Crippen LogP contribution in [0, 0.1) is 11.8 Å². The number of piperidine rings is 1. The van der Waals surface area contributed by atoms with Crippen molar-refractivity contribution in [2.75, 3.05) is 18.8 Å². The second-order valence-corrected chi connectivity index (χ2v) is 9.98. The highest BCUT2D eigenvalue weighted by Crippen LogP contribution is 2.26. The molecule has 2 atom stereocenters. The largest absolute Gasteiger partial charge is 0.341 e. The number of carbonyl (C=O) groups is 1. The maximum absolute atomic E-state index is 13.1. The summed E-state index contributed by atoms with van der Waals surface area (Å²) in [5, 5.41) is 2.91. The Bertz CT molecular complexity index is 1100. The first-order chi connectivity index (χ1) is 13.9. The molecule has 1 fully saturated rings. The first-order valence-corrected chi connectivity index (χ1v) is 11.8. The molecule has 4 rings (SSSR count). The molecule has 3 aromatic rings. The zero-order valence-electron chi connectivity index (χ0n) is 16.3. The van der Waals surface area contributed by atoms with Gasteiger partial charge in [0.2, 0.25) is 5.91 Å². The number of likely N-dealkylation sites (tertiary alicyclic amines) is 1. The van der Waals surface area contributed by atoms with Gasteiger partial charge in [0.25, 0.3) is 5.56 Å². The summed E-state index contributed by atoms with van der Waals surface area (Å²) in [6.07, 6.45) is 1.15. The van der Waals surface area contributed by atoms with Gasteiger partial charge in [0, 0.05) is 18.1 Å². The Balaban J connectivity index is 1.65. The highest BCUT2D eigenvalue weighted by molar-refractivity contribution is 7.99. The van der Waals surface area contributed by atoms with E-state index >= 15 is 0 Å². The number of benzene rings is 1. The van der Waals surface area contributed by atoms with Crippen LogP contribution in [0.1, 0.15) is 20.3 Å². The quantitative estimate of drug-likeness (QED) is 0.429. The van der Waals surface area contributed by atoms with Gasteiger partial charge in [0.05, 0.1) is 17.0 Å². The van der Waals surface area contributed by atoms with E-state index < -0.39 is 0 Å². The monoisotopic (exact) mass is 447 g/mol. The lowest BCUT2D eigenvalue weighted by Gasteiger charge is -2.35. The van der Waals surface area contributed by atoms with Crippen molar-refractivity contribution in [3.8, 4) is 5.69 Å². The molecule has 0 bridgehead atoms. The molecule has 0 aliphatic carbocycles. The minimum absolute atomic E-state index is 0.0886. The third-order valence-electron chi connectivity index (χ3n) is 5.06. The van der Waals surface area contributed by atoms with E-state index in [2.05, 4.69) is 18.8 Å². The zero-order chi connectivity index (χ0) is 20.5. The fourth-order valence-corrected chi connectivity index (χ4v) is 5.78. The lowest BCUT2D eigenvalue weighted by Crippen LogP contribution is -2.43. The van der Waals surface area contributed by atoms with E-state index in [1.807, 2.05) is 22.4 Å². The molecule has 0 radical (unpaired) electrons. The molecule has 152 valence electrons. The van der Waals surface area contributed by atoms with Gasteiger partial charge < -0.3 is 4.90 Å². The van der Waals surface area contributed by atoms with Gasteiger partial charge in [-0.25, -0.2) is 4.98 Å². The van der Waals surface area contributed by atoms with Gasteiger partial charge in [-0.15, -0.1) is 11.3 Å². The van der Waals surface area contributed by atoms with Crippen LogP contribution < -0.4 is 5.56 Å². The number of hydrogen-bond donors (Lipinski definition) is 0. The SMILES string of the molecule is C[C@@H]1C[C@@H](C)CN(C(=O)CSc2nc3ccsc3c(=O)n2-c2cccc(Cl)c2)C1. The lowest BCUT2D eigenvalue weighted by molar-refractivity contribution is -0.130. The number of fused-ring (bicyclic) bond motifs is 1. The number of thiophene rings is 1. The van der Waals surface area contributed by atoms with Crippen LogP contribution in [-0.2, 0) is 4.79 Å². The molecule has 5 nitrogen and oxygen atoms in total. The van der Waals surface area contributed by atoms with E-state index in [9.17, 15) is 9.59 Å². The number of carbonyl (C=O) groups excluding carboxylic acids is 1. The molecular weight excluding hydrogens is 426 g/mol. The number of halogens is 1. The molecule has 1 saturated heterocycles. The van der Waals surface area contributed by atoms with Crippen LogP contribution in [-0.4, -0.2) is 39.2 Å². The Kier molecular flexibility index (Phi) is 5.99. The van der Waals surface area contributed by atoms with Crippen molar-refractivity contribution in [3.63, 3.8) is 0 Å². The van der Waals surface area contributed by atoms with E-state index in [1.165, 1.54) is 23.1 Å². The molecule has 8 heteroatoms. The van der Waals surface area contributed by atoms with Crippen molar-refractivity contribution in [3.05, 3.63) is 51.1 Å². The van der Waals surface area contributed by atoms with Crippen LogP contribution >= 0.6 is 34.7 Å². The highest BCUT2D eigenvalue weighted by Gasteiger charge is 2.26. The normalized spacial score (nSPS) is 19.6. The molecular formula is C21H22ClN3O2S2. The molecule has 0 unspecified atom stereocenters. The number of aromatic nitrogens is 2. The molecule has 1 aromatic carbocycles. The van der Waals surface area contributed by atoms with Gasteiger partial charge >= 0.3 is 0 Å². The summed E-state index contributed by atoms with van der Waals surface area (Å²) in [7, 11) is 0. The van der Waals surface area contributed by atoms with Crippen LogP contribution in [0.15, 0.2) is 45.7 Å². The minimum Gasteiger partial charge on any atom is -0.341 e. The van der Waals surface area contributed by atoms with Crippen LogP contribution in [0.2, 0.25) is 5.02 Å². The Morgan fingerprint density at radius 3 is 2.76 bits per heavy atom. The highest BCUT2D eigenvalue weighted by atomic mass is 35.5. The van der Waals surface area contributed by atoms with Crippen LogP contribution in [0.5, 0.6) is 0 Å². The fourth-order valence-electron chi connectivity index (χ4n) is 3.92. The van der Waals surface area contributed by atoms with Gasteiger partial charge in [-0.3, -0.25) is 14.2 Å². The summed E-state index contributed by atoms with van der Waals surface area (Å²) < 4.78 is 2.16. The van der Waals surface area contributed by atoms with E-state index in [0.29, 0.717) is 37.9 Å². The topological polar surface area (TPSA) is 55.2 Å². The number of thioether (sulfide) groups is 1. The van der Waals surface area contributed by atoms with E-state index in [0.717, 1.165) is 19.5 Å². The molecule has 1 amide bonds. The summed E-state index contributed by atoms with van der Waals surface area (Å²) in [4.78, 5) is 32.6. The second kappa shape index (κ2) is 8.50. The van der Waals surface area contributed by atoms with Crippen molar-refractivity contribution >= 4 is 50.8 Å². The average Bonchev–Trinajstić information content (AvgIpc) is 3.14. The van der Waals surface area contributed by atoms with E-state index in [1.54, 1.807) is 22.8 Å². The Morgan fingerprint density at radius 2 is 2.03 bits per heavy atom. The molecule has 2 aromatic heterocycles. The maximum Gasteiger partial charge on any atom is 0.276 e. The fraction of sp³-hybridized carbons (Fsp3) is 0.381. The first-order valence-electron chi connectivity index (χ1n) is 9.59. The zero-order valence-corrected chi connectivity index (χ0v) is 18.7. The summed E-state index contributed by atoms with van der Waals surface area (Å²) >= 11 is 8.83. The van der Waals surface area contributed by atoms with Crippen molar-refractivity contribution in [1.29, 1.82) is 0 Å². The minimum atomic E-state index is -0.137. The molecule has 0 spiro atoms. The van der Waals surface area contributed by atoms with Gasteiger partial charge in [-0.1, -0.05) is 43.3 Å². The van der Waals surface area contributed by atoms with Gasteiger partial charge in [-0.2, -0.15) is 0 Å². The number of rotatable bonds is 4. The Morgan fingerprint density at radius 1 is 1.28 bits per heavy atom. The molecule has 0 saturated carbocycles. The van der Waals surface area contributed by atoms with Crippen LogP contribution in [0.25, 0.3) is 15.9 Å². The van der Waals surface area contributed by atoms with Crippen molar-refractivity contribution in [2.45, 2.75) is 25.4 Å². The summed E-state index contributed by atoms with van der Waals surface area (Å²) in [6.45, 7) is 5.96. The molecule has 1 aliphatic rings. The Labute approximate surface area is 182 Å². The van der Waals surface area contributed by atoms with E-state index in [-0.39, 0.29) is 17.2 Å². The van der Waals surface area contributed by atoms with Crippen molar-refractivity contribution in [1.82, 2.24) is 14.5 Å². The van der Waals surface area contributed by atoms with Gasteiger partial charge in [0.1, 0.15) is 4.70 Å². The lowest BCUT2D eigenvalue weighted by atomic mass is 9.92.